The lowest BCUT2D eigenvalue weighted by Gasteiger charge is -2.12. The van der Waals surface area contributed by atoms with Crippen LogP contribution < -0.4 is 5.73 Å². The van der Waals surface area contributed by atoms with Crippen molar-refractivity contribution >= 4 is 11.6 Å². The molecule has 1 nitrogen and oxygen atoms in total. The molecule has 0 saturated carbocycles. The van der Waals surface area contributed by atoms with Gasteiger partial charge in [-0.1, -0.05) is 11.6 Å². The zero-order chi connectivity index (χ0) is 12.5. The van der Waals surface area contributed by atoms with Gasteiger partial charge < -0.3 is 5.73 Å². The summed E-state index contributed by atoms with van der Waals surface area (Å²) in [4.78, 5) is 0. The third-order valence-corrected chi connectivity index (χ3v) is 2.29. The predicted molar refractivity (Wildman–Crippen MR) is 49.1 cm³/mol. The van der Waals surface area contributed by atoms with Crippen molar-refractivity contribution in [3.8, 4) is 0 Å². The summed E-state index contributed by atoms with van der Waals surface area (Å²) in [7, 11) is 0. The van der Waals surface area contributed by atoms with Crippen molar-refractivity contribution in [2.75, 3.05) is 6.54 Å². The molecule has 16 heavy (non-hydrogen) atoms. The topological polar surface area (TPSA) is 26.0 Å². The van der Waals surface area contributed by atoms with E-state index in [1.807, 2.05) is 0 Å². The Morgan fingerprint density at radius 3 is 2.19 bits per heavy atom. The highest BCUT2D eigenvalue weighted by Crippen LogP contribution is 2.36. The van der Waals surface area contributed by atoms with Crippen molar-refractivity contribution < 1.29 is 22.0 Å². The van der Waals surface area contributed by atoms with E-state index >= 15 is 0 Å². The Balaban J connectivity index is 3.39. The van der Waals surface area contributed by atoms with Gasteiger partial charge in [0.05, 0.1) is 5.56 Å². The third-order valence-electron chi connectivity index (χ3n) is 1.95. The quantitative estimate of drug-likeness (QED) is 0.641. The van der Waals surface area contributed by atoms with Crippen LogP contribution in [0.4, 0.5) is 22.0 Å². The Hall–Kier alpha value is -0.880. The summed E-state index contributed by atoms with van der Waals surface area (Å²) >= 11 is 5.43. The van der Waals surface area contributed by atoms with E-state index in [9.17, 15) is 22.0 Å². The minimum atomic E-state index is -4.98. The number of nitrogens with two attached hydrogens (primary N) is 1. The van der Waals surface area contributed by atoms with Gasteiger partial charge in [-0.05, 0) is 19.0 Å². The molecule has 1 aromatic carbocycles. The van der Waals surface area contributed by atoms with E-state index in [1.54, 1.807) is 0 Å². The summed E-state index contributed by atoms with van der Waals surface area (Å²) in [5.41, 5.74) is 3.05. The maximum atomic E-state index is 13.2. The molecule has 0 radical (unpaired) electrons. The van der Waals surface area contributed by atoms with Crippen LogP contribution in [0, 0.1) is 11.6 Å². The molecule has 1 aromatic rings. The Bertz CT molecular complexity index is 402. The van der Waals surface area contributed by atoms with Crippen molar-refractivity contribution in [2.24, 2.45) is 5.73 Å². The molecule has 0 unspecified atom stereocenters. The zero-order valence-electron chi connectivity index (χ0n) is 7.84. The lowest BCUT2D eigenvalue weighted by molar-refractivity contribution is -0.140. The predicted octanol–water partition coefficient (Wildman–Crippen LogP) is 3.14. The number of hydrogen-bond donors (Lipinski definition) is 1. The smallest absolute Gasteiger partial charge is 0.330 e. The van der Waals surface area contributed by atoms with Crippen molar-refractivity contribution in [2.45, 2.75) is 12.6 Å². The molecule has 0 amide bonds. The van der Waals surface area contributed by atoms with Gasteiger partial charge in [-0.25, -0.2) is 8.78 Å². The summed E-state index contributed by atoms with van der Waals surface area (Å²) in [6.45, 7) is -0.0402. The highest BCUT2D eigenvalue weighted by Gasteiger charge is 2.36. The SMILES string of the molecule is NCCc1c(Cl)cc(C(F)(F)F)c(F)c1F. The molecule has 1 rings (SSSR count). The second-order valence-electron chi connectivity index (χ2n) is 3.05. The van der Waals surface area contributed by atoms with E-state index in [4.69, 9.17) is 17.3 Å². The average molecular weight is 260 g/mol. The first-order valence-electron chi connectivity index (χ1n) is 4.22. The minimum Gasteiger partial charge on any atom is -0.330 e. The fourth-order valence-corrected chi connectivity index (χ4v) is 1.50. The molecular formula is C9H7ClF5N. The van der Waals surface area contributed by atoms with Gasteiger partial charge in [0.1, 0.15) is 0 Å². The Morgan fingerprint density at radius 2 is 1.75 bits per heavy atom. The standard InChI is InChI=1S/C9H7ClF5N/c10-6-3-5(9(13,14)15)8(12)7(11)4(6)1-2-16/h3H,1-2,16H2. The van der Waals surface area contributed by atoms with E-state index in [-0.39, 0.29) is 18.5 Å². The van der Waals surface area contributed by atoms with Gasteiger partial charge in [0.25, 0.3) is 0 Å². The van der Waals surface area contributed by atoms with Crippen LogP contribution in [0.25, 0.3) is 0 Å². The molecule has 0 aromatic heterocycles. The van der Waals surface area contributed by atoms with Crippen molar-refractivity contribution in [1.82, 2.24) is 0 Å². The van der Waals surface area contributed by atoms with Gasteiger partial charge in [0.2, 0.25) is 0 Å². The second kappa shape index (κ2) is 4.55. The first-order chi connectivity index (χ1) is 7.29. The first kappa shape index (κ1) is 13.2. The number of hydrogen-bond acceptors (Lipinski definition) is 1. The lowest BCUT2D eigenvalue weighted by atomic mass is 10.1. The van der Waals surface area contributed by atoms with E-state index in [2.05, 4.69) is 0 Å². The van der Waals surface area contributed by atoms with Crippen LogP contribution in [0.3, 0.4) is 0 Å². The third kappa shape index (κ3) is 2.44. The highest BCUT2D eigenvalue weighted by molar-refractivity contribution is 6.31. The van der Waals surface area contributed by atoms with E-state index in [0.29, 0.717) is 6.07 Å². The van der Waals surface area contributed by atoms with Gasteiger partial charge in [-0.2, -0.15) is 13.2 Å². The van der Waals surface area contributed by atoms with Crippen LogP contribution in [0.15, 0.2) is 6.07 Å². The monoisotopic (exact) mass is 259 g/mol. The molecule has 0 spiro atoms. The molecule has 7 heteroatoms. The van der Waals surface area contributed by atoms with Crippen LogP contribution in [-0.4, -0.2) is 6.54 Å². The number of benzene rings is 1. The Kier molecular flexibility index (Phi) is 3.75. The molecule has 2 N–H and O–H groups in total. The van der Waals surface area contributed by atoms with Crippen molar-refractivity contribution in [3.05, 3.63) is 33.9 Å². The van der Waals surface area contributed by atoms with Crippen LogP contribution in [0.2, 0.25) is 5.02 Å². The van der Waals surface area contributed by atoms with Gasteiger partial charge in [0, 0.05) is 10.6 Å². The van der Waals surface area contributed by atoms with Crippen LogP contribution in [0.5, 0.6) is 0 Å². The highest BCUT2D eigenvalue weighted by atomic mass is 35.5. The number of alkyl halides is 3. The summed E-state index contributed by atoms with van der Waals surface area (Å²) in [5, 5.41) is -0.475. The largest absolute Gasteiger partial charge is 0.419 e. The molecular weight excluding hydrogens is 253 g/mol. The Morgan fingerprint density at radius 1 is 1.19 bits per heavy atom. The second-order valence-corrected chi connectivity index (χ2v) is 3.46. The number of rotatable bonds is 2. The van der Waals surface area contributed by atoms with Crippen molar-refractivity contribution in [1.29, 1.82) is 0 Å². The summed E-state index contributed by atoms with van der Waals surface area (Å²) in [6.07, 6.45) is -5.10. The van der Waals surface area contributed by atoms with Crippen LogP contribution >= 0.6 is 11.6 Å². The minimum absolute atomic E-state index is 0.0402. The fraction of sp³-hybridized carbons (Fsp3) is 0.333. The summed E-state index contributed by atoms with van der Waals surface area (Å²) in [6, 6.07) is 0.366. The molecule has 0 fully saturated rings. The molecule has 0 bridgehead atoms. The normalized spacial score (nSPS) is 11.9. The molecule has 90 valence electrons. The number of halogens is 6. The summed E-state index contributed by atoms with van der Waals surface area (Å²) in [5.74, 6) is -3.54. The molecule has 0 aliphatic carbocycles. The van der Waals surface area contributed by atoms with Crippen molar-refractivity contribution in [3.63, 3.8) is 0 Å². The molecule has 0 aliphatic rings. The first-order valence-corrected chi connectivity index (χ1v) is 4.60. The van der Waals surface area contributed by atoms with E-state index < -0.39 is 28.4 Å². The van der Waals surface area contributed by atoms with Crippen LogP contribution in [0.1, 0.15) is 11.1 Å². The Labute approximate surface area is 93.0 Å². The molecule has 0 aliphatic heterocycles. The molecule has 0 heterocycles. The zero-order valence-corrected chi connectivity index (χ0v) is 8.59. The van der Waals surface area contributed by atoms with E-state index in [0.717, 1.165) is 0 Å². The summed E-state index contributed by atoms with van der Waals surface area (Å²) < 4.78 is 63.0. The van der Waals surface area contributed by atoms with E-state index in [1.165, 1.54) is 0 Å². The fourth-order valence-electron chi connectivity index (χ4n) is 1.21. The average Bonchev–Trinajstić information content (AvgIpc) is 2.16. The molecule has 0 atom stereocenters. The van der Waals surface area contributed by atoms with Gasteiger partial charge in [0.15, 0.2) is 11.6 Å². The maximum absolute atomic E-state index is 13.2. The van der Waals surface area contributed by atoms with Gasteiger partial charge in [-0.15, -0.1) is 0 Å². The molecule has 0 saturated heterocycles. The van der Waals surface area contributed by atoms with Gasteiger partial charge >= 0.3 is 6.18 Å². The van der Waals surface area contributed by atoms with Gasteiger partial charge in [-0.3, -0.25) is 0 Å². The lowest BCUT2D eigenvalue weighted by Crippen LogP contribution is -2.13. The van der Waals surface area contributed by atoms with Crippen LogP contribution in [-0.2, 0) is 12.6 Å². The maximum Gasteiger partial charge on any atom is 0.419 e.